The van der Waals surface area contributed by atoms with Gasteiger partial charge < -0.3 is 5.32 Å². The third-order valence-corrected chi connectivity index (χ3v) is 3.13. The molecule has 0 bridgehead atoms. The van der Waals surface area contributed by atoms with Gasteiger partial charge in [-0.3, -0.25) is 4.98 Å². The van der Waals surface area contributed by atoms with E-state index in [-0.39, 0.29) is 16.5 Å². The van der Waals surface area contributed by atoms with Crippen LogP contribution in [0.25, 0.3) is 0 Å². The van der Waals surface area contributed by atoms with Crippen molar-refractivity contribution in [3.05, 3.63) is 51.8 Å². The Morgan fingerprint density at radius 2 is 2.00 bits per heavy atom. The quantitative estimate of drug-likeness (QED) is 0.824. The lowest BCUT2D eigenvalue weighted by Gasteiger charge is -2.12. The normalized spacial score (nSPS) is 12.8. The summed E-state index contributed by atoms with van der Waals surface area (Å²) in [5.74, 6) is 0.234. The summed E-state index contributed by atoms with van der Waals surface area (Å²) in [4.78, 5) is 18.3. The maximum atomic E-state index is 12.8. The molecule has 0 radical (unpaired) electrons. The second kappa shape index (κ2) is 6.27. The number of halogens is 4. The van der Waals surface area contributed by atoms with Gasteiger partial charge in [0.05, 0.1) is 28.7 Å². The highest BCUT2D eigenvalue weighted by atomic mass is 35.5. The molecule has 0 fully saturated rings. The van der Waals surface area contributed by atoms with Crippen molar-refractivity contribution in [2.24, 2.45) is 5.18 Å². The van der Waals surface area contributed by atoms with Gasteiger partial charge in [0.1, 0.15) is 11.9 Å². The van der Waals surface area contributed by atoms with Crippen LogP contribution in [0.15, 0.2) is 35.8 Å². The van der Waals surface area contributed by atoms with Crippen LogP contribution in [0, 0.1) is 4.91 Å². The molecule has 1 unspecified atom stereocenters. The number of benzene rings is 1. The fourth-order valence-corrected chi connectivity index (χ4v) is 1.87. The van der Waals surface area contributed by atoms with Gasteiger partial charge in [0.25, 0.3) is 0 Å². The van der Waals surface area contributed by atoms with Crippen LogP contribution in [-0.2, 0) is 6.18 Å². The molecule has 0 spiro atoms. The fourth-order valence-electron chi connectivity index (χ4n) is 1.64. The third kappa shape index (κ3) is 3.70. The van der Waals surface area contributed by atoms with Gasteiger partial charge in [-0.2, -0.15) is 18.1 Å². The zero-order valence-corrected chi connectivity index (χ0v) is 12.0. The summed E-state index contributed by atoms with van der Waals surface area (Å²) in [5, 5.41) is 5.11. The number of aromatic nitrogens is 2. The van der Waals surface area contributed by atoms with Crippen LogP contribution in [0.1, 0.15) is 24.2 Å². The Hall–Kier alpha value is -2.22. The smallest absolute Gasteiger partial charge is 0.339 e. The standard InChI is InChI=1S/C13H10ClF3N4O/c1-7(21-22)11-5-19-12(6-18-11)20-8-2-3-10(14)9(4-8)13(15,16)17/h2-7H,1H3,(H,19,20). The largest absolute Gasteiger partial charge is 0.417 e. The molecule has 1 N–H and O–H groups in total. The molecule has 1 aromatic carbocycles. The molecule has 22 heavy (non-hydrogen) atoms. The number of rotatable bonds is 4. The molecule has 0 saturated carbocycles. The van der Waals surface area contributed by atoms with Gasteiger partial charge in [-0.1, -0.05) is 16.8 Å². The van der Waals surface area contributed by atoms with Crippen LogP contribution < -0.4 is 5.32 Å². The minimum absolute atomic E-state index is 0.167. The van der Waals surface area contributed by atoms with E-state index in [2.05, 4.69) is 20.5 Å². The van der Waals surface area contributed by atoms with E-state index < -0.39 is 17.8 Å². The molecular weight excluding hydrogens is 321 g/mol. The van der Waals surface area contributed by atoms with Gasteiger partial charge in [-0.15, -0.1) is 0 Å². The van der Waals surface area contributed by atoms with Crippen molar-refractivity contribution < 1.29 is 13.2 Å². The Morgan fingerprint density at radius 1 is 1.27 bits per heavy atom. The molecule has 1 atom stereocenters. The Balaban J connectivity index is 2.22. The highest BCUT2D eigenvalue weighted by molar-refractivity contribution is 6.31. The van der Waals surface area contributed by atoms with Crippen LogP contribution in [0.3, 0.4) is 0 Å². The number of anilines is 2. The summed E-state index contributed by atoms with van der Waals surface area (Å²) in [6.45, 7) is 1.55. The van der Waals surface area contributed by atoms with E-state index in [1.807, 2.05) is 0 Å². The molecule has 0 aliphatic carbocycles. The first-order valence-electron chi connectivity index (χ1n) is 6.09. The minimum atomic E-state index is -4.55. The SMILES string of the molecule is CC(N=O)c1cnc(Nc2ccc(Cl)c(C(F)(F)F)c2)cn1. The van der Waals surface area contributed by atoms with Gasteiger partial charge in [-0.05, 0) is 25.1 Å². The molecule has 0 saturated heterocycles. The van der Waals surface area contributed by atoms with E-state index in [1.54, 1.807) is 6.92 Å². The first kappa shape index (κ1) is 16.2. The summed E-state index contributed by atoms with van der Waals surface area (Å²) in [6.07, 6.45) is -1.91. The van der Waals surface area contributed by atoms with E-state index in [0.29, 0.717) is 5.69 Å². The second-order valence-electron chi connectivity index (χ2n) is 4.43. The van der Waals surface area contributed by atoms with E-state index in [0.717, 1.165) is 12.1 Å². The van der Waals surface area contributed by atoms with Gasteiger partial charge in [0, 0.05) is 5.69 Å². The number of alkyl halides is 3. The van der Waals surface area contributed by atoms with Gasteiger partial charge in [-0.25, -0.2) is 4.98 Å². The van der Waals surface area contributed by atoms with Gasteiger partial charge >= 0.3 is 6.18 Å². The Morgan fingerprint density at radius 3 is 2.55 bits per heavy atom. The summed E-state index contributed by atoms with van der Waals surface area (Å²) < 4.78 is 38.3. The Kier molecular flexibility index (Phi) is 4.60. The molecule has 0 aliphatic rings. The number of hydrogen-bond donors (Lipinski definition) is 1. The van der Waals surface area contributed by atoms with Gasteiger partial charge in [0.2, 0.25) is 0 Å². The predicted octanol–water partition coefficient (Wildman–Crippen LogP) is 4.72. The summed E-state index contributed by atoms with van der Waals surface area (Å²) in [7, 11) is 0. The first-order chi connectivity index (χ1) is 10.3. The van der Waals surface area contributed by atoms with Crippen molar-refractivity contribution in [2.75, 3.05) is 5.32 Å². The lowest BCUT2D eigenvalue weighted by molar-refractivity contribution is -0.137. The molecule has 1 aromatic heterocycles. The van der Waals surface area contributed by atoms with E-state index in [4.69, 9.17) is 11.6 Å². The summed E-state index contributed by atoms with van der Waals surface area (Å²) in [5.41, 5.74) is -0.407. The lowest BCUT2D eigenvalue weighted by atomic mass is 10.2. The van der Waals surface area contributed by atoms with Gasteiger partial charge in [0.15, 0.2) is 0 Å². The molecule has 5 nitrogen and oxygen atoms in total. The maximum Gasteiger partial charge on any atom is 0.417 e. The van der Waals surface area contributed by atoms with E-state index in [9.17, 15) is 18.1 Å². The fraction of sp³-hybridized carbons (Fsp3) is 0.231. The summed E-state index contributed by atoms with van der Waals surface area (Å²) in [6, 6.07) is 2.78. The van der Waals surface area contributed by atoms with E-state index >= 15 is 0 Å². The number of nitrogens with one attached hydrogen (secondary N) is 1. The molecule has 0 aliphatic heterocycles. The molecule has 2 aromatic rings. The topological polar surface area (TPSA) is 67.2 Å². The molecule has 2 rings (SSSR count). The molecule has 9 heteroatoms. The van der Waals surface area contributed by atoms with E-state index in [1.165, 1.54) is 18.5 Å². The minimum Gasteiger partial charge on any atom is -0.339 e. The Bertz CT molecular complexity index is 676. The molecular formula is C13H10ClF3N4O. The van der Waals surface area contributed by atoms with Crippen molar-refractivity contribution in [1.29, 1.82) is 0 Å². The summed E-state index contributed by atoms with van der Waals surface area (Å²) >= 11 is 5.54. The number of nitroso groups, excluding NO2 is 1. The highest BCUT2D eigenvalue weighted by Gasteiger charge is 2.33. The number of nitrogens with zero attached hydrogens (tertiary/aromatic N) is 3. The zero-order chi connectivity index (χ0) is 16.3. The zero-order valence-electron chi connectivity index (χ0n) is 11.2. The number of hydrogen-bond acceptors (Lipinski definition) is 5. The highest BCUT2D eigenvalue weighted by Crippen LogP contribution is 2.36. The van der Waals surface area contributed by atoms with Crippen molar-refractivity contribution in [3.8, 4) is 0 Å². The molecule has 116 valence electrons. The molecule has 1 heterocycles. The monoisotopic (exact) mass is 330 g/mol. The molecule has 0 amide bonds. The van der Waals surface area contributed by atoms with Crippen LogP contribution in [0.2, 0.25) is 5.02 Å². The van der Waals surface area contributed by atoms with Crippen LogP contribution in [0.5, 0.6) is 0 Å². The van der Waals surface area contributed by atoms with Crippen LogP contribution in [0.4, 0.5) is 24.7 Å². The predicted molar refractivity (Wildman–Crippen MR) is 76.0 cm³/mol. The third-order valence-electron chi connectivity index (χ3n) is 2.80. The average molecular weight is 331 g/mol. The van der Waals surface area contributed by atoms with Crippen molar-refractivity contribution in [2.45, 2.75) is 19.1 Å². The van der Waals surface area contributed by atoms with Crippen LogP contribution in [-0.4, -0.2) is 9.97 Å². The van der Waals surface area contributed by atoms with Crippen molar-refractivity contribution in [1.82, 2.24) is 9.97 Å². The first-order valence-corrected chi connectivity index (χ1v) is 6.47. The Labute approximate surface area is 128 Å². The lowest BCUT2D eigenvalue weighted by Crippen LogP contribution is -2.07. The maximum absolute atomic E-state index is 12.8. The average Bonchev–Trinajstić information content (AvgIpc) is 2.48. The van der Waals surface area contributed by atoms with Crippen LogP contribution >= 0.6 is 11.6 Å². The van der Waals surface area contributed by atoms with Crippen molar-refractivity contribution in [3.63, 3.8) is 0 Å². The van der Waals surface area contributed by atoms with Crippen molar-refractivity contribution >= 4 is 23.1 Å². The second-order valence-corrected chi connectivity index (χ2v) is 4.83.